The second-order valence-corrected chi connectivity index (χ2v) is 4.31. The van der Waals surface area contributed by atoms with Crippen molar-refractivity contribution < 1.29 is 14.3 Å². The summed E-state index contributed by atoms with van der Waals surface area (Å²) < 4.78 is 5.05. The van der Waals surface area contributed by atoms with Gasteiger partial charge in [-0.1, -0.05) is 12.8 Å². The number of carbonyl (C=O) groups excluding carboxylic acids is 1. The number of nitrogens with zero attached hydrogens (tertiary/aromatic N) is 1. The summed E-state index contributed by atoms with van der Waals surface area (Å²) in [6.07, 6.45) is 5.63. The molecule has 1 heterocycles. The number of aromatic nitrogens is 1. The number of carbonyl (C=O) groups is 1. The van der Waals surface area contributed by atoms with E-state index in [4.69, 9.17) is 15.3 Å². The van der Waals surface area contributed by atoms with Crippen molar-refractivity contribution in [1.82, 2.24) is 10.3 Å². The molecule has 1 saturated carbocycles. The van der Waals surface area contributed by atoms with Crippen molar-refractivity contribution in [3.05, 3.63) is 17.8 Å². The maximum atomic E-state index is 11.8. The van der Waals surface area contributed by atoms with E-state index in [0.717, 1.165) is 25.7 Å². The van der Waals surface area contributed by atoms with Crippen molar-refractivity contribution in [2.75, 3.05) is 6.61 Å². The molecule has 0 bridgehead atoms. The Bertz CT molecular complexity index is 385. The van der Waals surface area contributed by atoms with Crippen molar-refractivity contribution in [2.24, 2.45) is 5.73 Å². The molecule has 6 nitrogen and oxygen atoms in total. The summed E-state index contributed by atoms with van der Waals surface area (Å²) in [6.45, 7) is -0.260. The normalized spacial score (nSPS) is 18.2. The Morgan fingerprint density at radius 1 is 1.65 bits per heavy atom. The zero-order chi connectivity index (χ0) is 12.3. The third-order valence-electron chi connectivity index (χ3n) is 2.96. The van der Waals surface area contributed by atoms with Crippen molar-refractivity contribution in [3.8, 4) is 0 Å². The molecule has 1 aliphatic rings. The average molecular weight is 239 g/mol. The minimum Gasteiger partial charge on any atom is -0.446 e. The molecule has 1 aromatic heterocycles. The molecule has 94 valence electrons. The van der Waals surface area contributed by atoms with Gasteiger partial charge in [0.15, 0.2) is 5.69 Å². The molecule has 0 saturated heterocycles. The summed E-state index contributed by atoms with van der Waals surface area (Å²) in [5, 5.41) is 11.7. The van der Waals surface area contributed by atoms with E-state index in [-0.39, 0.29) is 30.1 Å². The Morgan fingerprint density at radius 3 is 3.00 bits per heavy atom. The van der Waals surface area contributed by atoms with E-state index in [0.29, 0.717) is 0 Å². The highest BCUT2D eigenvalue weighted by atomic mass is 16.3. The summed E-state index contributed by atoms with van der Waals surface area (Å²) >= 11 is 0. The van der Waals surface area contributed by atoms with Gasteiger partial charge in [-0.2, -0.15) is 0 Å². The number of hydrogen-bond acceptors (Lipinski definition) is 5. The quantitative estimate of drug-likeness (QED) is 0.703. The molecule has 1 aliphatic carbocycles. The predicted molar refractivity (Wildman–Crippen MR) is 60.2 cm³/mol. The van der Waals surface area contributed by atoms with Crippen LogP contribution in [0.4, 0.5) is 0 Å². The van der Waals surface area contributed by atoms with Crippen LogP contribution >= 0.6 is 0 Å². The van der Waals surface area contributed by atoms with Crippen LogP contribution in [0.1, 0.15) is 48.1 Å². The average Bonchev–Trinajstić information content (AvgIpc) is 2.98. The van der Waals surface area contributed by atoms with E-state index in [1.807, 2.05) is 0 Å². The first-order valence-electron chi connectivity index (χ1n) is 5.83. The molecule has 0 radical (unpaired) electrons. The van der Waals surface area contributed by atoms with Gasteiger partial charge in [0.25, 0.3) is 5.91 Å². The van der Waals surface area contributed by atoms with Gasteiger partial charge in [-0.25, -0.2) is 4.98 Å². The molecule has 0 aliphatic heterocycles. The van der Waals surface area contributed by atoms with Crippen LogP contribution in [0.2, 0.25) is 0 Å². The van der Waals surface area contributed by atoms with E-state index < -0.39 is 6.04 Å². The zero-order valence-electron chi connectivity index (χ0n) is 9.56. The molecule has 1 fully saturated rings. The summed E-state index contributed by atoms with van der Waals surface area (Å²) in [6, 6.07) is -0.433. The van der Waals surface area contributed by atoms with Gasteiger partial charge in [-0.05, 0) is 12.8 Å². The van der Waals surface area contributed by atoms with Crippen LogP contribution in [0.3, 0.4) is 0 Å². The van der Waals surface area contributed by atoms with Crippen molar-refractivity contribution in [3.63, 3.8) is 0 Å². The van der Waals surface area contributed by atoms with Gasteiger partial charge in [-0.15, -0.1) is 0 Å². The minimum absolute atomic E-state index is 0.184. The van der Waals surface area contributed by atoms with Gasteiger partial charge >= 0.3 is 0 Å². The Morgan fingerprint density at radius 2 is 2.35 bits per heavy atom. The Kier molecular flexibility index (Phi) is 3.75. The third-order valence-corrected chi connectivity index (χ3v) is 2.96. The smallest absolute Gasteiger partial charge is 0.273 e. The SMILES string of the molecule is NC(CO)c1nc(C(=O)NC2CCCC2)co1. The maximum absolute atomic E-state index is 11.8. The second kappa shape index (κ2) is 5.29. The summed E-state index contributed by atoms with van der Waals surface area (Å²) in [4.78, 5) is 15.7. The molecule has 1 aromatic rings. The van der Waals surface area contributed by atoms with Crippen molar-refractivity contribution in [2.45, 2.75) is 37.8 Å². The highest BCUT2D eigenvalue weighted by molar-refractivity contribution is 5.92. The number of hydrogen-bond donors (Lipinski definition) is 3. The van der Waals surface area contributed by atoms with E-state index in [2.05, 4.69) is 10.3 Å². The van der Waals surface area contributed by atoms with Crippen LogP contribution in [0, 0.1) is 0 Å². The number of aliphatic hydroxyl groups is 1. The van der Waals surface area contributed by atoms with Gasteiger partial charge in [0.1, 0.15) is 12.3 Å². The van der Waals surface area contributed by atoms with Gasteiger partial charge < -0.3 is 20.6 Å². The van der Waals surface area contributed by atoms with Gasteiger partial charge in [0, 0.05) is 6.04 Å². The lowest BCUT2D eigenvalue weighted by atomic mass is 10.2. The fraction of sp³-hybridized carbons (Fsp3) is 0.636. The third kappa shape index (κ3) is 2.83. The number of rotatable bonds is 4. The lowest BCUT2D eigenvalue weighted by molar-refractivity contribution is 0.0932. The van der Waals surface area contributed by atoms with Crippen LogP contribution in [0.5, 0.6) is 0 Å². The molecule has 2 rings (SSSR count). The molecule has 0 spiro atoms. The van der Waals surface area contributed by atoms with E-state index in [9.17, 15) is 4.79 Å². The molecular weight excluding hydrogens is 222 g/mol. The first kappa shape index (κ1) is 12.1. The highest BCUT2D eigenvalue weighted by Crippen LogP contribution is 2.18. The van der Waals surface area contributed by atoms with Crippen LogP contribution in [0.25, 0.3) is 0 Å². The Labute approximate surface area is 99.2 Å². The van der Waals surface area contributed by atoms with E-state index in [1.54, 1.807) is 0 Å². The molecule has 0 aromatic carbocycles. The molecule has 6 heteroatoms. The van der Waals surface area contributed by atoms with E-state index >= 15 is 0 Å². The monoisotopic (exact) mass is 239 g/mol. The lowest BCUT2D eigenvalue weighted by Crippen LogP contribution is -2.32. The number of nitrogens with one attached hydrogen (secondary N) is 1. The molecule has 4 N–H and O–H groups in total. The summed E-state index contributed by atoms with van der Waals surface area (Å²) in [5.74, 6) is -0.0545. The van der Waals surface area contributed by atoms with Gasteiger partial charge in [0.2, 0.25) is 5.89 Å². The summed E-state index contributed by atoms with van der Waals surface area (Å²) in [7, 11) is 0. The Hall–Kier alpha value is -1.40. The van der Waals surface area contributed by atoms with Gasteiger partial charge in [-0.3, -0.25) is 4.79 Å². The summed E-state index contributed by atoms with van der Waals surface area (Å²) in [5.41, 5.74) is 5.75. The molecule has 1 atom stereocenters. The van der Waals surface area contributed by atoms with E-state index in [1.165, 1.54) is 6.26 Å². The van der Waals surface area contributed by atoms with Crippen molar-refractivity contribution in [1.29, 1.82) is 0 Å². The predicted octanol–water partition coefficient (Wildman–Crippen LogP) is 0.339. The Balaban J connectivity index is 1.96. The number of aliphatic hydroxyl groups excluding tert-OH is 1. The topological polar surface area (TPSA) is 101 Å². The van der Waals surface area contributed by atoms with Crippen LogP contribution in [-0.2, 0) is 0 Å². The first-order chi connectivity index (χ1) is 8.20. The lowest BCUT2D eigenvalue weighted by Gasteiger charge is -2.09. The number of amides is 1. The second-order valence-electron chi connectivity index (χ2n) is 4.31. The van der Waals surface area contributed by atoms with Crippen LogP contribution in [0.15, 0.2) is 10.7 Å². The fourth-order valence-electron chi connectivity index (χ4n) is 1.97. The molecular formula is C11H17N3O3. The fourth-order valence-corrected chi connectivity index (χ4v) is 1.97. The number of oxazole rings is 1. The van der Waals surface area contributed by atoms with Crippen LogP contribution < -0.4 is 11.1 Å². The van der Waals surface area contributed by atoms with Crippen LogP contribution in [-0.4, -0.2) is 28.6 Å². The highest BCUT2D eigenvalue weighted by Gasteiger charge is 2.21. The minimum atomic E-state index is -0.678. The molecule has 1 amide bonds. The first-order valence-corrected chi connectivity index (χ1v) is 5.83. The molecule has 1 unspecified atom stereocenters. The zero-order valence-corrected chi connectivity index (χ0v) is 9.56. The standard InChI is InChI=1S/C11H17N3O3/c12-8(5-15)11-14-9(6-17-11)10(16)13-7-3-1-2-4-7/h6-8,15H,1-5,12H2,(H,13,16). The number of nitrogens with two attached hydrogens (primary N) is 1. The largest absolute Gasteiger partial charge is 0.446 e. The molecule has 17 heavy (non-hydrogen) atoms. The van der Waals surface area contributed by atoms with Crippen molar-refractivity contribution >= 4 is 5.91 Å². The maximum Gasteiger partial charge on any atom is 0.273 e. The van der Waals surface area contributed by atoms with Gasteiger partial charge in [0.05, 0.1) is 6.61 Å².